The molecular weight excluding hydrogens is 290 g/mol. The van der Waals surface area contributed by atoms with Gasteiger partial charge in [-0.25, -0.2) is 0 Å². The Balaban J connectivity index is 1.61. The van der Waals surface area contributed by atoms with Gasteiger partial charge < -0.3 is 14.6 Å². The lowest BCUT2D eigenvalue weighted by Gasteiger charge is -2.52. The Morgan fingerprint density at radius 2 is 1.87 bits per heavy atom. The van der Waals surface area contributed by atoms with E-state index in [9.17, 15) is 5.11 Å². The number of hydrogen-bond donors (Lipinski definition) is 1. The van der Waals surface area contributed by atoms with Crippen LogP contribution in [-0.4, -0.2) is 54.6 Å². The van der Waals surface area contributed by atoms with E-state index in [1.165, 1.54) is 5.56 Å². The predicted molar refractivity (Wildman–Crippen MR) is 90.3 cm³/mol. The van der Waals surface area contributed by atoms with Crippen LogP contribution in [0.3, 0.4) is 0 Å². The molecule has 0 aromatic heterocycles. The molecule has 2 saturated heterocycles. The third-order valence-electron chi connectivity index (χ3n) is 5.24. The van der Waals surface area contributed by atoms with Gasteiger partial charge in [-0.1, -0.05) is 30.3 Å². The van der Waals surface area contributed by atoms with E-state index in [1.807, 2.05) is 0 Å². The summed E-state index contributed by atoms with van der Waals surface area (Å²) in [4.78, 5) is 2.54. The van der Waals surface area contributed by atoms with Crippen molar-refractivity contribution in [1.82, 2.24) is 4.90 Å². The zero-order valence-corrected chi connectivity index (χ0v) is 14.1. The van der Waals surface area contributed by atoms with E-state index >= 15 is 0 Å². The highest BCUT2D eigenvalue weighted by atomic mass is 16.5. The minimum absolute atomic E-state index is 0.329. The topological polar surface area (TPSA) is 41.9 Å². The Kier molecular flexibility index (Phi) is 5.70. The number of benzene rings is 1. The zero-order valence-electron chi connectivity index (χ0n) is 14.1. The fourth-order valence-corrected chi connectivity index (χ4v) is 4.10. The summed E-state index contributed by atoms with van der Waals surface area (Å²) in [7, 11) is 1.73. The monoisotopic (exact) mass is 319 g/mol. The molecule has 2 atom stereocenters. The minimum atomic E-state index is -0.528. The summed E-state index contributed by atoms with van der Waals surface area (Å²) < 4.78 is 10.9. The standard InChI is InChI=1S/C19H29NO3/c1-22-10-6-5-9-19(21)11-17-14-23-15-18(12-19)20(17)13-16-7-3-2-4-8-16/h2-4,7-8,17-18,21H,5-6,9-15H2,1H3. The molecule has 2 aliphatic heterocycles. The van der Waals surface area contributed by atoms with Crippen LogP contribution in [-0.2, 0) is 16.0 Å². The second-order valence-corrected chi connectivity index (χ2v) is 7.09. The van der Waals surface area contributed by atoms with Crippen LogP contribution in [0.1, 0.15) is 37.7 Å². The summed E-state index contributed by atoms with van der Waals surface area (Å²) in [5.41, 5.74) is 0.815. The molecule has 0 amide bonds. The van der Waals surface area contributed by atoms with Crippen LogP contribution >= 0.6 is 0 Å². The number of ether oxygens (including phenoxy) is 2. The van der Waals surface area contributed by atoms with E-state index in [2.05, 4.69) is 35.2 Å². The summed E-state index contributed by atoms with van der Waals surface area (Å²) >= 11 is 0. The first-order valence-corrected chi connectivity index (χ1v) is 8.79. The maximum absolute atomic E-state index is 11.0. The lowest BCUT2D eigenvalue weighted by Crippen LogP contribution is -2.61. The van der Waals surface area contributed by atoms with Crippen LogP contribution in [0.4, 0.5) is 0 Å². The van der Waals surface area contributed by atoms with Gasteiger partial charge in [0.25, 0.3) is 0 Å². The third-order valence-corrected chi connectivity index (χ3v) is 5.24. The molecule has 0 aliphatic carbocycles. The van der Waals surface area contributed by atoms with Gasteiger partial charge in [-0.15, -0.1) is 0 Å². The molecule has 1 N–H and O–H groups in total. The van der Waals surface area contributed by atoms with E-state index in [0.717, 1.165) is 58.5 Å². The van der Waals surface area contributed by atoms with Crippen molar-refractivity contribution in [2.24, 2.45) is 0 Å². The predicted octanol–water partition coefficient (Wildman–Crippen LogP) is 2.60. The third kappa shape index (κ3) is 4.32. The quantitative estimate of drug-likeness (QED) is 0.785. The average molecular weight is 319 g/mol. The van der Waals surface area contributed by atoms with Crippen LogP contribution < -0.4 is 0 Å². The van der Waals surface area contributed by atoms with Gasteiger partial charge >= 0.3 is 0 Å². The van der Waals surface area contributed by atoms with Gasteiger partial charge in [0.1, 0.15) is 0 Å². The lowest BCUT2D eigenvalue weighted by atomic mass is 9.78. The normalized spacial score (nSPS) is 31.2. The molecule has 2 fully saturated rings. The minimum Gasteiger partial charge on any atom is -0.390 e. The van der Waals surface area contributed by atoms with E-state index < -0.39 is 5.60 Å². The fraction of sp³-hybridized carbons (Fsp3) is 0.684. The summed E-state index contributed by atoms with van der Waals surface area (Å²) in [6.45, 7) is 3.22. The molecule has 0 spiro atoms. The van der Waals surface area contributed by atoms with E-state index in [-0.39, 0.29) is 0 Å². The van der Waals surface area contributed by atoms with Crippen molar-refractivity contribution in [2.75, 3.05) is 26.9 Å². The number of aliphatic hydroxyl groups is 1. The fourth-order valence-electron chi connectivity index (χ4n) is 4.10. The molecule has 2 unspecified atom stereocenters. The first kappa shape index (κ1) is 16.9. The highest BCUT2D eigenvalue weighted by molar-refractivity contribution is 5.15. The summed E-state index contributed by atoms with van der Waals surface area (Å²) in [5.74, 6) is 0. The SMILES string of the molecule is COCCCCC1(O)CC2COCC(C1)N2Cc1ccccc1. The Labute approximate surface area is 139 Å². The van der Waals surface area contributed by atoms with Crippen molar-refractivity contribution >= 4 is 0 Å². The van der Waals surface area contributed by atoms with Crippen LogP contribution in [0, 0.1) is 0 Å². The van der Waals surface area contributed by atoms with Crippen molar-refractivity contribution in [2.45, 2.75) is 56.3 Å². The van der Waals surface area contributed by atoms with Crippen LogP contribution in [0.2, 0.25) is 0 Å². The van der Waals surface area contributed by atoms with Gasteiger partial charge in [0.05, 0.1) is 18.8 Å². The molecule has 128 valence electrons. The molecule has 3 rings (SSSR count). The molecule has 0 saturated carbocycles. The second-order valence-electron chi connectivity index (χ2n) is 7.09. The van der Waals surface area contributed by atoms with Gasteiger partial charge in [-0.05, 0) is 37.7 Å². The molecular formula is C19H29NO3. The number of fused-ring (bicyclic) bond motifs is 2. The lowest BCUT2D eigenvalue weighted by molar-refractivity contribution is -0.148. The molecule has 0 radical (unpaired) electrons. The number of piperidine rings is 1. The Bertz CT molecular complexity index is 465. The Hall–Kier alpha value is -0.940. The zero-order chi connectivity index (χ0) is 16.1. The number of nitrogens with zero attached hydrogens (tertiary/aromatic N) is 1. The van der Waals surface area contributed by atoms with E-state index in [0.29, 0.717) is 12.1 Å². The summed E-state index contributed by atoms with van der Waals surface area (Å²) in [6.07, 6.45) is 4.58. The molecule has 2 bridgehead atoms. The van der Waals surface area contributed by atoms with Gasteiger partial charge in [-0.3, -0.25) is 4.90 Å². The average Bonchev–Trinajstić information content (AvgIpc) is 2.54. The van der Waals surface area contributed by atoms with Crippen LogP contribution in [0.25, 0.3) is 0 Å². The molecule has 4 nitrogen and oxygen atoms in total. The molecule has 23 heavy (non-hydrogen) atoms. The highest BCUT2D eigenvalue weighted by Crippen LogP contribution is 2.38. The maximum Gasteiger partial charge on any atom is 0.0679 e. The van der Waals surface area contributed by atoms with Gasteiger partial charge in [0.15, 0.2) is 0 Å². The Morgan fingerprint density at radius 1 is 1.17 bits per heavy atom. The van der Waals surface area contributed by atoms with Gasteiger partial charge in [0, 0.05) is 32.3 Å². The number of hydrogen-bond acceptors (Lipinski definition) is 4. The number of morpholine rings is 1. The van der Waals surface area contributed by atoms with Crippen LogP contribution in [0.15, 0.2) is 30.3 Å². The number of unbranched alkanes of at least 4 members (excludes halogenated alkanes) is 1. The summed E-state index contributed by atoms with van der Waals surface area (Å²) in [5, 5.41) is 11.0. The van der Waals surface area contributed by atoms with Crippen molar-refractivity contribution in [1.29, 1.82) is 0 Å². The molecule has 2 aliphatic rings. The first-order chi connectivity index (χ1) is 11.2. The van der Waals surface area contributed by atoms with Crippen LogP contribution in [0.5, 0.6) is 0 Å². The largest absolute Gasteiger partial charge is 0.390 e. The molecule has 4 heteroatoms. The van der Waals surface area contributed by atoms with Crippen molar-refractivity contribution in [3.05, 3.63) is 35.9 Å². The highest BCUT2D eigenvalue weighted by Gasteiger charge is 2.45. The van der Waals surface area contributed by atoms with Crippen molar-refractivity contribution < 1.29 is 14.6 Å². The smallest absolute Gasteiger partial charge is 0.0679 e. The van der Waals surface area contributed by atoms with Crippen molar-refractivity contribution in [3.63, 3.8) is 0 Å². The van der Waals surface area contributed by atoms with Gasteiger partial charge in [-0.2, -0.15) is 0 Å². The molecule has 1 aromatic rings. The van der Waals surface area contributed by atoms with E-state index in [1.54, 1.807) is 7.11 Å². The number of methoxy groups -OCH3 is 1. The maximum atomic E-state index is 11.0. The van der Waals surface area contributed by atoms with Gasteiger partial charge in [0.2, 0.25) is 0 Å². The summed E-state index contributed by atoms with van der Waals surface area (Å²) in [6, 6.07) is 11.3. The first-order valence-electron chi connectivity index (χ1n) is 8.79. The van der Waals surface area contributed by atoms with Crippen molar-refractivity contribution in [3.8, 4) is 0 Å². The molecule has 1 aromatic carbocycles. The molecule has 2 heterocycles. The second kappa shape index (κ2) is 7.75. The Morgan fingerprint density at radius 3 is 2.52 bits per heavy atom. The van der Waals surface area contributed by atoms with E-state index in [4.69, 9.17) is 9.47 Å². The number of rotatable bonds is 7.